The highest BCUT2D eigenvalue weighted by molar-refractivity contribution is 7.10. The number of hydrogen-bond acceptors (Lipinski definition) is 3. The van der Waals surface area contributed by atoms with Crippen LogP contribution in [0.3, 0.4) is 0 Å². The standard InChI is InChI=1S/C15H11F3O2S/c16-15(17,18)12-5-1-2-6-13(12)20-10-14-11(4-3-8-19)7-9-21-14/h1-2,5-7,9,19H,8,10H2. The molecule has 1 N–H and O–H groups in total. The Morgan fingerprint density at radius 1 is 1.19 bits per heavy atom. The quantitative estimate of drug-likeness (QED) is 0.876. The summed E-state index contributed by atoms with van der Waals surface area (Å²) in [5.41, 5.74) is -0.150. The summed E-state index contributed by atoms with van der Waals surface area (Å²) >= 11 is 1.34. The van der Waals surface area contributed by atoms with E-state index in [0.29, 0.717) is 10.4 Å². The molecule has 2 rings (SSSR count). The van der Waals surface area contributed by atoms with Crippen molar-refractivity contribution >= 4 is 11.3 Å². The highest BCUT2D eigenvalue weighted by atomic mass is 32.1. The van der Waals surface area contributed by atoms with Crippen molar-refractivity contribution in [2.45, 2.75) is 12.8 Å². The minimum atomic E-state index is -4.45. The zero-order chi connectivity index (χ0) is 15.3. The lowest BCUT2D eigenvalue weighted by atomic mass is 10.2. The van der Waals surface area contributed by atoms with Crippen molar-refractivity contribution in [3.63, 3.8) is 0 Å². The summed E-state index contributed by atoms with van der Waals surface area (Å²) in [6, 6.07) is 6.82. The minimum Gasteiger partial charge on any atom is -0.487 e. The topological polar surface area (TPSA) is 29.5 Å². The Balaban J connectivity index is 2.16. The summed E-state index contributed by atoms with van der Waals surface area (Å²) in [5, 5.41) is 10.4. The molecule has 0 saturated carbocycles. The van der Waals surface area contributed by atoms with Gasteiger partial charge < -0.3 is 9.84 Å². The number of rotatable bonds is 3. The maximum atomic E-state index is 12.8. The highest BCUT2D eigenvalue weighted by Gasteiger charge is 2.34. The highest BCUT2D eigenvalue weighted by Crippen LogP contribution is 2.36. The van der Waals surface area contributed by atoms with Gasteiger partial charge in [0.1, 0.15) is 19.0 Å². The maximum Gasteiger partial charge on any atom is 0.419 e. The summed E-state index contributed by atoms with van der Waals surface area (Å²) in [6.07, 6.45) is -4.45. The SMILES string of the molecule is OCC#Cc1ccsc1COc1ccccc1C(F)(F)F. The van der Waals surface area contributed by atoms with E-state index < -0.39 is 11.7 Å². The molecule has 21 heavy (non-hydrogen) atoms. The van der Waals surface area contributed by atoms with E-state index in [1.807, 2.05) is 0 Å². The summed E-state index contributed by atoms with van der Waals surface area (Å²) < 4.78 is 43.8. The predicted molar refractivity (Wildman–Crippen MR) is 74.1 cm³/mol. The first-order valence-electron chi connectivity index (χ1n) is 5.97. The predicted octanol–water partition coefficient (Wildman–Crippen LogP) is 3.69. The molecule has 1 heterocycles. The second kappa shape index (κ2) is 6.66. The Hall–Kier alpha value is -1.97. The van der Waals surface area contributed by atoms with E-state index >= 15 is 0 Å². The molecule has 0 radical (unpaired) electrons. The third-order valence-corrected chi connectivity index (χ3v) is 3.49. The van der Waals surface area contributed by atoms with Crippen LogP contribution < -0.4 is 4.74 Å². The van der Waals surface area contributed by atoms with Crippen molar-refractivity contribution in [1.82, 2.24) is 0 Å². The van der Waals surface area contributed by atoms with Gasteiger partial charge in [0.05, 0.1) is 10.4 Å². The molecule has 0 aliphatic heterocycles. The van der Waals surface area contributed by atoms with Crippen LogP contribution in [0.2, 0.25) is 0 Å². The van der Waals surface area contributed by atoms with E-state index in [-0.39, 0.29) is 19.0 Å². The first kappa shape index (κ1) is 15.4. The fourth-order valence-corrected chi connectivity index (χ4v) is 2.41. The summed E-state index contributed by atoms with van der Waals surface area (Å²) in [6.45, 7) is -0.271. The van der Waals surface area contributed by atoms with E-state index in [9.17, 15) is 13.2 Å². The second-order valence-corrected chi connectivity index (χ2v) is 5.00. The third-order valence-electron chi connectivity index (χ3n) is 2.60. The number of aliphatic hydroxyl groups is 1. The van der Waals surface area contributed by atoms with Crippen LogP contribution in [0, 0.1) is 11.8 Å². The van der Waals surface area contributed by atoms with Crippen molar-refractivity contribution in [2.75, 3.05) is 6.61 Å². The third kappa shape index (κ3) is 4.00. The normalized spacial score (nSPS) is 10.9. The second-order valence-electron chi connectivity index (χ2n) is 4.00. The minimum absolute atomic E-state index is 0.000200. The number of benzene rings is 1. The first-order chi connectivity index (χ1) is 10.0. The number of alkyl halides is 3. The molecule has 0 fully saturated rings. The molecule has 1 aromatic heterocycles. The van der Waals surface area contributed by atoms with Gasteiger partial charge in [0, 0.05) is 5.56 Å². The first-order valence-corrected chi connectivity index (χ1v) is 6.85. The van der Waals surface area contributed by atoms with Crippen LogP contribution in [0.4, 0.5) is 13.2 Å². The van der Waals surface area contributed by atoms with Crippen LogP contribution in [0.1, 0.15) is 16.0 Å². The fourth-order valence-electron chi connectivity index (χ4n) is 1.67. The number of aliphatic hydroxyl groups excluding tert-OH is 1. The van der Waals surface area contributed by atoms with E-state index in [1.54, 1.807) is 11.4 Å². The Kier molecular flexibility index (Phi) is 4.89. The summed E-state index contributed by atoms with van der Waals surface area (Å²) in [7, 11) is 0. The van der Waals surface area contributed by atoms with Crippen LogP contribution in [0.25, 0.3) is 0 Å². The fraction of sp³-hybridized carbons (Fsp3) is 0.200. The monoisotopic (exact) mass is 312 g/mol. The van der Waals surface area contributed by atoms with Gasteiger partial charge in [-0.25, -0.2) is 0 Å². The van der Waals surface area contributed by atoms with Crippen molar-refractivity contribution in [3.05, 3.63) is 51.7 Å². The van der Waals surface area contributed by atoms with Crippen LogP contribution in [-0.4, -0.2) is 11.7 Å². The van der Waals surface area contributed by atoms with Crippen LogP contribution in [-0.2, 0) is 12.8 Å². The number of thiophene rings is 1. The molecule has 0 aliphatic carbocycles. The van der Waals surface area contributed by atoms with Gasteiger partial charge in [-0.15, -0.1) is 11.3 Å². The Bertz CT molecular complexity index is 665. The van der Waals surface area contributed by atoms with Gasteiger partial charge in [-0.1, -0.05) is 24.0 Å². The van der Waals surface area contributed by atoms with E-state index in [0.717, 1.165) is 6.07 Å². The zero-order valence-corrected chi connectivity index (χ0v) is 11.6. The van der Waals surface area contributed by atoms with Crippen molar-refractivity contribution in [1.29, 1.82) is 0 Å². The largest absolute Gasteiger partial charge is 0.487 e. The molecular weight excluding hydrogens is 301 g/mol. The molecule has 1 aromatic carbocycles. The molecule has 110 valence electrons. The number of hydrogen-bond donors (Lipinski definition) is 1. The molecule has 2 nitrogen and oxygen atoms in total. The molecule has 0 bridgehead atoms. The number of para-hydroxylation sites is 1. The molecule has 2 aromatic rings. The van der Waals surface area contributed by atoms with Crippen LogP contribution >= 0.6 is 11.3 Å². The molecule has 0 amide bonds. The Morgan fingerprint density at radius 3 is 2.67 bits per heavy atom. The number of halogens is 3. The average Bonchev–Trinajstić information content (AvgIpc) is 2.89. The smallest absolute Gasteiger partial charge is 0.419 e. The van der Waals surface area contributed by atoms with Crippen LogP contribution in [0.15, 0.2) is 35.7 Å². The van der Waals surface area contributed by atoms with Gasteiger partial charge in [0.2, 0.25) is 0 Å². The van der Waals surface area contributed by atoms with Crippen molar-refractivity contribution in [2.24, 2.45) is 0 Å². The molecule has 0 unspecified atom stereocenters. The molecule has 0 spiro atoms. The Labute approximate surface area is 123 Å². The zero-order valence-electron chi connectivity index (χ0n) is 10.8. The lowest BCUT2D eigenvalue weighted by Crippen LogP contribution is -2.08. The van der Waals surface area contributed by atoms with E-state index in [2.05, 4.69) is 11.8 Å². The van der Waals surface area contributed by atoms with Gasteiger partial charge in [-0.2, -0.15) is 13.2 Å². The van der Waals surface area contributed by atoms with Crippen molar-refractivity contribution < 1.29 is 23.0 Å². The van der Waals surface area contributed by atoms with E-state index in [1.165, 1.54) is 29.5 Å². The lowest BCUT2D eigenvalue weighted by Gasteiger charge is -2.13. The van der Waals surface area contributed by atoms with Gasteiger partial charge in [-0.05, 0) is 23.6 Å². The van der Waals surface area contributed by atoms with Gasteiger partial charge in [-0.3, -0.25) is 0 Å². The maximum absolute atomic E-state index is 12.8. The molecule has 0 aliphatic rings. The number of ether oxygens (including phenoxy) is 1. The molecule has 0 atom stereocenters. The summed E-state index contributed by atoms with van der Waals surface area (Å²) in [4.78, 5) is 0.716. The van der Waals surface area contributed by atoms with Crippen LogP contribution in [0.5, 0.6) is 5.75 Å². The molecule has 6 heteroatoms. The van der Waals surface area contributed by atoms with Gasteiger partial charge in [0.25, 0.3) is 0 Å². The van der Waals surface area contributed by atoms with Gasteiger partial charge >= 0.3 is 6.18 Å². The average molecular weight is 312 g/mol. The van der Waals surface area contributed by atoms with Crippen molar-refractivity contribution in [3.8, 4) is 17.6 Å². The van der Waals surface area contributed by atoms with Gasteiger partial charge in [0.15, 0.2) is 0 Å². The summed E-state index contributed by atoms with van der Waals surface area (Å²) in [5.74, 6) is 5.02. The molecular formula is C15H11F3O2S. The van der Waals surface area contributed by atoms with E-state index in [4.69, 9.17) is 9.84 Å². The molecule has 0 saturated heterocycles. The Morgan fingerprint density at radius 2 is 1.95 bits per heavy atom. The lowest BCUT2D eigenvalue weighted by molar-refractivity contribution is -0.139.